The highest BCUT2D eigenvalue weighted by atomic mass is 16.3. The first kappa shape index (κ1) is 22.8. The van der Waals surface area contributed by atoms with Crippen molar-refractivity contribution in [3.8, 4) is 0 Å². The molecule has 31 heavy (non-hydrogen) atoms. The van der Waals surface area contributed by atoms with E-state index in [1.54, 1.807) is 0 Å². The maximum Gasteiger partial charge on any atom is 0.273 e. The minimum atomic E-state index is -0.191. The standard InChI is InChI=1S/C26H33N3O2/c1-5-20(4)27-26(30)24-18-31-25(28-24)17-29(15-21-9-7-6-8-10-21)16-22-11-13-23(14-12-22)19(2)3/h6-14,18-20H,5,15-17H2,1-4H3,(H,27,30). The highest BCUT2D eigenvalue weighted by Gasteiger charge is 2.17. The molecule has 1 heterocycles. The second-order valence-corrected chi connectivity index (χ2v) is 8.44. The van der Waals surface area contributed by atoms with Crippen molar-refractivity contribution in [1.82, 2.24) is 15.2 Å². The average molecular weight is 420 g/mol. The Kier molecular flexibility index (Phi) is 8.01. The summed E-state index contributed by atoms with van der Waals surface area (Å²) in [5.74, 6) is 0.869. The number of hydrogen-bond acceptors (Lipinski definition) is 4. The van der Waals surface area contributed by atoms with Crippen molar-refractivity contribution in [2.24, 2.45) is 0 Å². The monoisotopic (exact) mass is 419 g/mol. The second kappa shape index (κ2) is 10.9. The largest absolute Gasteiger partial charge is 0.447 e. The smallest absolute Gasteiger partial charge is 0.273 e. The quantitative estimate of drug-likeness (QED) is 0.469. The Morgan fingerprint density at radius 3 is 2.23 bits per heavy atom. The fourth-order valence-electron chi connectivity index (χ4n) is 3.35. The van der Waals surface area contributed by atoms with Crippen molar-refractivity contribution in [1.29, 1.82) is 0 Å². The van der Waals surface area contributed by atoms with Crippen LogP contribution in [0.2, 0.25) is 0 Å². The normalized spacial score (nSPS) is 12.3. The summed E-state index contributed by atoms with van der Waals surface area (Å²) in [7, 11) is 0. The van der Waals surface area contributed by atoms with Crippen molar-refractivity contribution in [2.75, 3.05) is 0 Å². The van der Waals surface area contributed by atoms with Gasteiger partial charge in [-0.25, -0.2) is 4.98 Å². The Hall–Kier alpha value is -2.92. The van der Waals surface area contributed by atoms with Crippen LogP contribution in [-0.4, -0.2) is 21.8 Å². The van der Waals surface area contributed by atoms with Gasteiger partial charge in [-0.2, -0.15) is 0 Å². The summed E-state index contributed by atoms with van der Waals surface area (Å²) in [4.78, 5) is 19.1. The molecular weight excluding hydrogens is 386 g/mol. The Balaban J connectivity index is 1.73. The summed E-state index contributed by atoms with van der Waals surface area (Å²) < 4.78 is 5.64. The molecule has 5 nitrogen and oxygen atoms in total. The molecule has 1 atom stereocenters. The van der Waals surface area contributed by atoms with Gasteiger partial charge in [-0.05, 0) is 36.0 Å². The lowest BCUT2D eigenvalue weighted by Crippen LogP contribution is -2.32. The van der Waals surface area contributed by atoms with Crippen LogP contribution >= 0.6 is 0 Å². The Bertz CT molecular complexity index is 948. The van der Waals surface area contributed by atoms with E-state index in [2.05, 4.69) is 65.4 Å². The highest BCUT2D eigenvalue weighted by Crippen LogP contribution is 2.18. The van der Waals surface area contributed by atoms with Crippen LogP contribution in [0.15, 0.2) is 65.3 Å². The van der Waals surface area contributed by atoms with Crippen LogP contribution in [0.5, 0.6) is 0 Å². The van der Waals surface area contributed by atoms with E-state index in [1.807, 2.05) is 32.0 Å². The van der Waals surface area contributed by atoms with Crippen LogP contribution in [0.4, 0.5) is 0 Å². The fourth-order valence-corrected chi connectivity index (χ4v) is 3.35. The van der Waals surface area contributed by atoms with Gasteiger partial charge in [0.1, 0.15) is 6.26 Å². The Morgan fingerprint density at radius 2 is 1.61 bits per heavy atom. The SMILES string of the molecule is CCC(C)NC(=O)c1coc(CN(Cc2ccccc2)Cc2ccc(C(C)C)cc2)n1. The number of carbonyl (C=O) groups is 1. The number of carbonyl (C=O) groups excluding carboxylic acids is 1. The molecule has 1 amide bonds. The summed E-state index contributed by atoms with van der Waals surface area (Å²) >= 11 is 0. The zero-order valence-electron chi connectivity index (χ0n) is 19.0. The lowest BCUT2D eigenvalue weighted by atomic mass is 10.0. The van der Waals surface area contributed by atoms with Crippen molar-refractivity contribution < 1.29 is 9.21 Å². The summed E-state index contributed by atoms with van der Waals surface area (Å²) in [5.41, 5.74) is 4.13. The zero-order chi connectivity index (χ0) is 22.2. The maximum absolute atomic E-state index is 12.3. The third-order valence-electron chi connectivity index (χ3n) is 5.43. The van der Waals surface area contributed by atoms with E-state index in [-0.39, 0.29) is 11.9 Å². The molecule has 0 aliphatic heterocycles. The molecule has 3 rings (SSSR count). The molecule has 0 radical (unpaired) electrons. The molecule has 5 heteroatoms. The molecule has 0 spiro atoms. The van der Waals surface area contributed by atoms with Gasteiger partial charge in [-0.15, -0.1) is 0 Å². The number of aromatic nitrogens is 1. The van der Waals surface area contributed by atoms with Gasteiger partial charge in [0.25, 0.3) is 5.91 Å². The highest BCUT2D eigenvalue weighted by molar-refractivity contribution is 5.92. The molecule has 3 aromatic rings. The van der Waals surface area contributed by atoms with Crippen LogP contribution in [0.1, 0.15) is 73.1 Å². The Labute approximate surface area is 185 Å². The van der Waals surface area contributed by atoms with Gasteiger partial charge < -0.3 is 9.73 Å². The van der Waals surface area contributed by atoms with Crippen molar-refractivity contribution >= 4 is 5.91 Å². The minimum absolute atomic E-state index is 0.107. The summed E-state index contributed by atoms with van der Waals surface area (Å²) in [6.07, 6.45) is 2.32. The molecular formula is C26H33N3O2. The van der Waals surface area contributed by atoms with Gasteiger partial charge in [0, 0.05) is 19.1 Å². The average Bonchev–Trinajstić information content (AvgIpc) is 3.23. The second-order valence-electron chi connectivity index (χ2n) is 8.44. The number of nitrogens with one attached hydrogen (secondary N) is 1. The van der Waals surface area contributed by atoms with E-state index in [0.717, 1.165) is 19.5 Å². The third kappa shape index (κ3) is 6.79. The van der Waals surface area contributed by atoms with Crippen molar-refractivity contribution in [3.05, 3.63) is 89.1 Å². The summed E-state index contributed by atoms with van der Waals surface area (Å²) in [5, 5.41) is 2.93. The predicted molar refractivity (Wildman–Crippen MR) is 124 cm³/mol. The van der Waals surface area contributed by atoms with Crippen molar-refractivity contribution in [3.63, 3.8) is 0 Å². The molecule has 0 fully saturated rings. The number of oxazole rings is 1. The minimum Gasteiger partial charge on any atom is -0.447 e. The number of benzene rings is 2. The number of hydrogen-bond donors (Lipinski definition) is 1. The number of amides is 1. The van der Waals surface area contributed by atoms with Gasteiger partial charge in [0.2, 0.25) is 5.89 Å². The van der Waals surface area contributed by atoms with Gasteiger partial charge in [-0.1, -0.05) is 75.4 Å². The molecule has 0 bridgehead atoms. The molecule has 1 unspecified atom stereocenters. The van der Waals surface area contributed by atoms with E-state index in [4.69, 9.17) is 4.42 Å². The van der Waals surface area contributed by atoms with Gasteiger partial charge in [0.05, 0.1) is 6.54 Å². The van der Waals surface area contributed by atoms with Gasteiger partial charge >= 0.3 is 0 Å². The van der Waals surface area contributed by atoms with Gasteiger partial charge in [0.15, 0.2) is 5.69 Å². The molecule has 0 aliphatic rings. The van der Waals surface area contributed by atoms with E-state index < -0.39 is 0 Å². The first-order valence-electron chi connectivity index (χ1n) is 11.0. The molecule has 0 saturated carbocycles. The van der Waals surface area contributed by atoms with Crippen LogP contribution < -0.4 is 5.32 Å². The third-order valence-corrected chi connectivity index (χ3v) is 5.43. The molecule has 0 aliphatic carbocycles. The summed E-state index contributed by atoms with van der Waals surface area (Å²) in [6, 6.07) is 19.2. The van der Waals surface area contributed by atoms with Crippen LogP contribution in [0.25, 0.3) is 0 Å². The maximum atomic E-state index is 12.3. The van der Waals surface area contributed by atoms with Gasteiger partial charge in [-0.3, -0.25) is 9.69 Å². The lowest BCUT2D eigenvalue weighted by molar-refractivity contribution is 0.0934. The number of nitrogens with zero attached hydrogens (tertiary/aromatic N) is 2. The zero-order valence-corrected chi connectivity index (χ0v) is 19.0. The molecule has 2 aromatic carbocycles. The lowest BCUT2D eigenvalue weighted by Gasteiger charge is -2.21. The molecule has 1 N–H and O–H groups in total. The van der Waals surface area contributed by atoms with Crippen molar-refractivity contribution in [2.45, 2.75) is 65.7 Å². The van der Waals surface area contributed by atoms with E-state index in [1.165, 1.54) is 23.0 Å². The summed E-state index contributed by atoms with van der Waals surface area (Å²) in [6.45, 7) is 10.5. The van der Waals surface area contributed by atoms with E-state index in [0.29, 0.717) is 24.0 Å². The van der Waals surface area contributed by atoms with E-state index in [9.17, 15) is 4.79 Å². The number of rotatable bonds is 10. The van der Waals surface area contributed by atoms with E-state index >= 15 is 0 Å². The first-order valence-corrected chi connectivity index (χ1v) is 11.0. The van der Waals surface area contributed by atoms with Crippen LogP contribution in [-0.2, 0) is 19.6 Å². The van der Waals surface area contributed by atoms with Crippen LogP contribution in [0, 0.1) is 0 Å². The predicted octanol–water partition coefficient (Wildman–Crippen LogP) is 5.53. The molecule has 1 aromatic heterocycles. The first-order chi connectivity index (χ1) is 14.9. The topological polar surface area (TPSA) is 58.4 Å². The molecule has 164 valence electrons. The van der Waals surface area contributed by atoms with Crippen LogP contribution in [0.3, 0.4) is 0 Å². The Morgan fingerprint density at radius 1 is 0.968 bits per heavy atom. The fraction of sp³-hybridized carbons (Fsp3) is 0.385. The molecule has 0 saturated heterocycles.